The first-order valence-corrected chi connectivity index (χ1v) is 9.17. The van der Waals surface area contributed by atoms with Crippen molar-refractivity contribution in [1.29, 1.82) is 0 Å². The van der Waals surface area contributed by atoms with Gasteiger partial charge in [0.15, 0.2) is 0 Å². The molecule has 1 saturated carbocycles. The highest BCUT2D eigenvalue weighted by Crippen LogP contribution is 2.28. The van der Waals surface area contributed by atoms with Gasteiger partial charge in [0, 0.05) is 19.5 Å². The van der Waals surface area contributed by atoms with Crippen molar-refractivity contribution >= 4 is 5.91 Å². The number of nitrogens with zero attached hydrogens (tertiary/aromatic N) is 3. The number of carbonyl (C=O) groups is 1. The lowest BCUT2D eigenvalue weighted by Gasteiger charge is -2.09. The summed E-state index contributed by atoms with van der Waals surface area (Å²) in [6.45, 7) is 1.48. The maximum Gasteiger partial charge on any atom is 0.346 e. The molecule has 0 bridgehead atoms. The zero-order valence-electron chi connectivity index (χ0n) is 13.9. The van der Waals surface area contributed by atoms with E-state index in [0.717, 1.165) is 50.4 Å². The van der Waals surface area contributed by atoms with Crippen molar-refractivity contribution in [2.75, 3.05) is 6.54 Å². The lowest BCUT2D eigenvalue weighted by molar-refractivity contribution is -0.121. The molecule has 3 rings (SSSR count). The Labute approximate surface area is 137 Å². The molecular weight excluding hydrogens is 292 g/mol. The third-order valence-corrected chi connectivity index (χ3v) is 5.16. The van der Waals surface area contributed by atoms with E-state index in [2.05, 4.69) is 10.4 Å². The number of nitrogens with one attached hydrogen (secondary N) is 1. The smallest absolute Gasteiger partial charge is 0.346 e. The number of aromatic nitrogens is 3. The van der Waals surface area contributed by atoms with Crippen molar-refractivity contribution in [3.63, 3.8) is 0 Å². The van der Waals surface area contributed by atoms with E-state index in [1.807, 2.05) is 0 Å². The van der Waals surface area contributed by atoms with Gasteiger partial charge in [0.25, 0.3) is 0 Å². The zero-order chi connectivity index (χ0) is 16.1. The van der Waals surface area contributed by atoms with E-state index in [9.17, 15) is 9.59 Å². The Kier molecular flexibility index (Phi) is 5.51. The van der Waals surface area contributed by atoms with Crippen LogP contribution in [0.5, 0.6) is 0 Å². The van der Waals surface area contributed by atoms with Gasteiger partial charge >= 0.3 is 5.69 Å². The van der Waals surface area contributed by atoms with E-state index in [1.54, 1.807) is 4.57 Å². The van der Waals surface area contributed by atoms with Crippen molar-refractivity contribution in [3.05, 3.63) is 16.3 Å². The molecule has 23 heavy (non-hydrogen) atoms. The van der Waals surface area contributed by atoms with Gasteiger partial charge in [0.05, 0.1) is 0 Å². The third kappa shape index (κ3) is 4.24. The van der Waals surface area contributed by atoms with Crippen molar-refractivity contribution in [2.45, 2.75) is 77.3 Å². The molecule has 0 unspecified atom stereocenters. The Morgan fingerprint density at radius 2 is 2.00 bits per heavy atom. The van der Waals surface area contributed by atoms with Crippen molar-refractivity contribution in [2.24, 2.45) is 5.92 Å². The molecule has 1 aromatic heterocycles. The van der Waals surface area contributed by atoms with Gasteiger partial charge in [0.2, 0.25) is 5.91 Å². The lowest BCUT2D eigenvalue weighted by Crippen LogP contribution is -2.34. The minimum Gasteiger partial charge on any atom is -0.354 e. The first kappa shape index (κ1) is 16.3. The van der Waals surface area contributed by atoms with Gasteiger partial charge in [-0.1, -0.05) is 32.1 Å². The van der Waals surface area contributed by atoms with Crippen LogP contribution in [0, 0.1) is 5.92 Å². The van der Waals surface area contributed by atoms with Crippen LogP contribution in [0.4, 0.5) is 0 Å². The summed E-state index contributed by atoms with van der Waals surface area (Å²) in [7, 11) is 0. The predicted octanol–water partition coefficient (Wildman–Crippen LogP) is 1.86. The summed E-state index contributed by atoms with van der Waals surface area (Å²) in [5, 5.41) is 7.27. The molecule has 2 heterocycles. The molecule has 128 valence electrons. The first-order chi connectivity index (χ1) is 11.2. The average Bonchev–Trinajstić information content (AvgIpc) is 3.07. The number of rotatable bonds is 6. The summed E-state index contributed by atoms with van der Waals surface area (Å²) in [6.07, 6.45) is 11.7. The molecule has 6 heteroatoms. The van der Waals surface area contributed by atoms with Crippen LogP contribution in [-0.4, -0.2) is 26.8 Å². The Morgan fingerprint density at radius 3 is 2.83 bits per heavy atom. The molecule has 6 nitrogen and oxygen atoms in total. The summed E-state index contributed by atoms with van der Waals surface area (Å²) in [6, 6.07) is 0. The molecule has 1 aliphatic carbocycles. The summed E-state index contributed by atoms with van der Waals surface area (Å²) in [5.74, 6) is 1.59. The van der Waals surface area contributed by atoms with Crippen molar-refractivity contribution in [3.8, 4) is 0 Å². The third-order valence-electron chi connectivity index (χ3n) is 5.16. The van der Waals surface area contributed by atoms with Crippen LogP contribution in [0.1, 0.15) is 63.6 Å². The Hall–Kier alpha value is -1.59. The van der Waals surface area contributed by atoms with Crippen molar-refractivity contribution < 1.29 is 4.79 Å². The highest BCUT2D eigenvalue weighted by molar-refractivity contribution is 5.75. The number of amides is 1. The average molecular weight is 320 g/mol. The molecule has 0 aromatic carbocycles. The second kappa shape index (κ2) is 7.79. The fraction of sp³-hybridized carbons (Fsp3) is 0.824. The SMILES string of the molecule is O=C(Cn1nc2n(c1=O)CCCCC2)NCCCC1CCCC1. The maximum atomic E-state index is 12.3. The molecule has 0 atom stereocenters. The highest BCUT2D eigenvalue weighted by atomic mass is 16.2. The normalized spacial score (nSPS) is 18.6. The van der Waals surface area contributed by atoms with Crippen LogP contribution >= 0.6 is 0 Å². The topological polar surface area (TPSA) is 68.9 Å². The van der Waals surface area contributed by atoms with E-state index in [1.165, 1.54) is 36.8 Å². The summed E-state index contributed by atoms with van der Waals surface area (Å²) >= 11 is 0. The van der Waals surface area contributed by atoms with E-state index in [-0.39, 0.29) is 18.1 Å². The van der Waals surface area contributed by atoms with E-state index in [0.29, 0.717) is 6.54 Å². The first-order valence-electron chi connectivity index (χ1n) is 9.17. The molecule has 2 aliphatic rings. The van der Waals surface area contributed by atoms with Gasteiger partial charge in [-0.05, 0) is 31.6 Å². The van der Waals surface area contributed by atoms with Crippen LogP contribution in [0.2, 0.25) is 0 Å². The number of aryl methyl sites for hydroxylation is 1. The quantitative estimate of drug-likeness (QED) is 0.813. The Morgan fingerprint density at radius 1 is 1.17 bits per heavy atom. The minimum absolute atomic E-state index is 0.0439. The Balaban J connectivity index is 1.45. The van der Waals surface area contributed by atoms with E-state index < -0.39 is 0 Å². The summed E-state index contributed by atoms with van der Waals surface area (Å²) < 4.78 is 3.06. The molecule has 1 fully saturated rings. The van der Waals surface area contributed by atoms with Crippen LogP contribution in [0.15, 0.2) is 4.79 Å². The van der Waals surface area contributed by atoms with Crippen LogP contribution in [0.3, 0.4) is 0 Å². The van der Waals surface area contributed by atoms with Gasteiger partial charge in [-0.15, -0.1) is 0 Å². The van der Waals surface area contributed by atoms with Crippen LogP contribution < -0.4 is 11.0 Å². The van der Waals surface area contributed by atoms with Gasteiger partial charge < -0.3 is 5.32 Å². The number of carbonyl (C=O) groups excluding carboxylic acids is 1. The number of fused-ring (bicyclic) bond motifs is 1. The number of hydrogen-bond acceptors (Lipinski definition) is 3. The number of hydrogen-bond donors (Lipinski definition) is 1. The molecule has 1 aliphatic heterocycles. The largest absolute Gasteiger partial charge is 0.354 e. The molecular formula is C17H28N4O2. The van der Waals surface area contributed by atoms with Crippen LogP contribution in [0.25, 0.3) is 0 Å². The molecule has 1 amide bonds. The fourth-order valence-corrected chi connectivity index (χ4v) is 3.84. The predicted molar refractivity (Wildman–Crippen MR) is 88.2 cm³/mol. The molecule has 0 saturated heterocycles. The van der Waals surface area contributed by atoms with Gasteiger partial charge in [-0.25, -0.2) is 9.48 Å². The monoisotopic (exact) mass is 320 g/mol. The van der Waals surface area contributed by atoms with E-state index >= 15 is 0 Å². The Bertz CT molecular complexity index is 584. The molecule has 0 spiro atoms. The summed E-state index contributed by atoms with van der Waals surface area (Å²) in [5.41, 5.74) is -0.136. The summed E-state index contributed by atoms with van der Waals surface area (Å²) in [4.78, 5) is 24.3. The van der Waals surface area contributed by atoms with Gasteiger partial charge in [-0.3, -0.25) is 9.36 Å². The standard InChI is InChI=1S/C17H28N4O2/c22-16(18-11-6-9-14-7-3-4-8-14)13-21-17(23)20-12-5-1-2-10-15(20)19-21/h14H,1-13H2,(H,18,22). The van der Waals surface area contributed by atoms with Crippen LogP contribution in [-0.2, 0) is 24.3 Å². The lowest BCUT2D eigenvalue weighted by atomic mass is 10.0. The van der Waals surface area contributed by atoms with Crippen molar-refractivity contribution in [1.82, 2.24) is 19.7 Å². The minimum atomic E-state index is -0.136. The van der Waals surface area contributed by atoms with Gasteiger partial charge in [0.1, 0.15) is 12.4 Å². The molecule has 1 N–H and O–H groups in total. The van der Waals surface area contributed by atoms with Gasteiger partial charge in [-0.2, -0.15) is 5.10 Å². The highest BCUT2D eigenvalue weighted by Gasteiger charge is 2.17. The second-order valence-corrected chi connectivity index (χ2v) is 6.96. The molecule has 0 radical (unpaired) electrons. The maximum absolute atomic E-state index is 12.3. The fourth-order valence-electron chi connectivity index (χ4n) is 3.84. The second-order valence-electron chi connectivity index (χ2n) is 6.96. The van der Waals surface area contributed by atoms with E-state index in [4.69, 9.17) is 0 Å². The molecule has 1 aromatic rings. The zero-order valence-corrected chi connectivity index (χ0v) is 13.9.